The molecule has 0 aliphatic carbocycles. The molecule has 2 fully saturated rings. The standard InChI is InChI=1S/C21H20F3NO5.C18H20F3NO3.C3HClO2/c1-4-28-20(27)30-18-15-7-5-6-8-25(15)19(26)17(18)16-12(2)9-14(10-13(16)3)29-11-21(22,23)24;1-10-7-12(25-9-18(19,20)21)8-11(2)14(10)15-16(23)13-5-3-4-6-22(13)17(15)24;1-2-6-3(4)5/h1,9-10,15H,5-8,11H2,2-3H3;7-8,13,23H,3-6,9H2,1-2H3;1H. The van der Waals surface area contributed by atoms with Crippen LogP contribution in [0.4, 0.5) is 35.9 Å². The Kier molecular flexibility index (Phi) is 15.7. The number of hydrogen-bond donors (Lipinski definition) is 1. The van der Waals surface area contributed by atoms with Crippen LogP contribution in [0.5, 0.6) is 11.5 Å². The molecule has 19 heteroatoms. The number of terminal acetylenes is 2. The molecule has 0 spiro atoms. The van der Waals surface area contributed by atoms with Crippen molar-refractivity contribution in [1.82, 2.24) is 9.80 Å². The number of aryl methyl sites for hydroxylation is 4. The van der Waals surface area contributed by atoms with Gasteiger partial charge in [0.1, 0.15) is 35.2 Å². The minimum absolute atomic E-state index is 0.0315. The smallest absolute Gasteiger partial charge is 0.509 e. The number of halogens is 7. The number of piperidine rings is 2. The summed E-state index contributed by atoms with van der Waals surface area (Å²) >= 11 is 4.57. The molecule has 4 aliphatic rings. The van der Waals surface area contributed by atoms with Gasteiger partial charge in [-0.25, -0.2) is 9.59 Å². The molecule has 4 heterocycles. The van der Waals surface area contributed by atoms with E-state index in [1.165, 1.54) is 24.3 Å². The van der Waals surface area contributed by atoms with Crippen LogP contribution in [-0.4, -0.2) is 89.0 Å². The molecule has 2 atom stereocenters. The van der Waals surface area contributed by atoms with Crippen LogP contribution in [0.1, 0.15) is 71.9 Å². The fourth-order valence-corrected chi connectivity index (χ4v) is 7.71. The lowest BCUT2D eigenvalue weighted by Gasteiger charge is -2.30. The van der Waals surface area contributed by atoms with E-state index in [1.54, 1.807) is 49.7 Å². The molecule has 0 radical (unpaired) electrons. The first-order chi connectivity index (χ1) is 28.6. The van der Waals surface area contributed by atoms with Crippen LogP contribution < -0.4 is 9.47 Å². The third kappa shape index (κ3) is 12.1. The maximum Gasteiger partial charge on any atom is 0.528 e. The van der Waals surface area contributed by atoms with Crippen molar-refractivity contribution in [1.29, 1.82) is 0 Å². The summed E-state index contributed by atoms with van der Waals surface area (Å²) < 4.78 is 97.4. The highest BCUT2D eigenvalue weighted by Crippen LogP contribution is 2.42. The average Bonchev–Trinajstić information content (AvgIpc) is 3.58. The van der Waals surface area contributed by atoms with Crippen LogP contribution in [0.25, 0.3) is 11.1 Å². The van der Waals surface area contributed by atoms with Crippen molar-refractivity contribution in [2.24, 2.45) is 0 Å². The summed E-state index contributed by atoms with van der Waals surface area (Å²) in [7, 11) is 0. The number of aliphatic hydroxyl groups excluding tert-OH is 1. The number of carbonyl (C=O) groups excluding carboxylic acids is 4. The first-order valence-corrected chi connectivity index (χ1v) is 19.0. The topological polar surface area (TPSA) is 141 Å². The van der Waals surface area contributed by atoms with E-state index in [0.29, 0.717) is 52.9 Å². The fourth-order valence-electron chi connectivity index (χ4n) is 7.66. The normalized spacial score (nSPS) is 18.4. The van der Waals surface area contributed by atoms with E-state index in [4.69, 9.17) is 20.6 Å². The highest BCUT2D eigenvalue weighted by molar-refractivity contribution is 6.61. The number of rotatable bonds is 7. The van der Waals surface area contributed by atoms with Gasteiger partial charge in [-0.15, -0.1) is 0 Å². The Morgan fingerprint density at radius 3 is 1.52 bits per heavy atom. The van der Waals surface area contributed by atoms with Crippen molar-refractivity contribution < 1.29 is 74.3 Å². The Labute approximate surface area is 352 Å². The van der Waals surface area contributed by atoms with Crippen LogP contribution in [-0.2, 0) is 23.8 Å². The summed E-state index contributed by atoms with van der Waals surface area (Å²) in [6.45, 7) is 5.04. The molecule has 4 aliphatic heterocycles. The van der Waals surface area contributed by atoms with E-state index in [-0.39, 0.29) is 52.0 Å². The molecule has 0 aromatic heterocycles. The number of carbonyl (C=O) groups is 4. The first kappa shape index (κ1) is 47.7. The fraction of sp³-hybridized carbons (Fsp3) is 0.429. The minimum atomic E-state index is -4.47. The van der Waals surface area contributed by atoms with E-state index in [0.717, 1.165) is 32.1 Å². The lowest BCUT2D eigenvalue weighted by molar-refractivity contribution is -0.154. The van der Waals surface area contributed by atoms with E-state index in [9.17, 15) is 50.6 Å². The summed E-state index contributed by atoms with van der Waals surface area (Å²) in [6.07, 6.45) is 7.61. The van der Waals surface area contributed by atoms with Crippen molar-refractivity contribution in [3.63, 3.8) is 0 Å². The minimum Gasteiger partial charge on any atom is -0.509 e. The Balaban J connectivity index is 0.000000240. The van der Waals surface area contributed by atoms with Crippen molar-refractivity contribution >= 4 is 46.1 Å². The molecule has 2 saturated heterocycles. The summed E-state index contributed by atoms with van der Waals surface area (Å²) in [6, 6.07) is 5.08. The number of amides is 2. The molecule has 1 N–H and O–H groups in total. The maximum absolute atomic E-state index is 13.2. The summed E-state index contributed by atoms with van der Waals surface area (Å²) in [5.41, 5.74) is 2.78. The van der Waals surface area contributed by atoms with Gasteiger partial charge < -0.3 is 38.6 Å². The highest BCUT2D eigenvalue weighted by Gasteiger charge is 2.45. The second-order valence-corrected chi connectivity index (χ2v) is 14.5. The lowest BCUT2D eigenvalue weighted by atomic mass is 9.94. The monoisotopic (exact) mass is 882 g/mol. The number of benzene rings is 2. The second-order valence-electron chi connectivity index (χ2n) is 14.2. The first-order valence-electron chi connectivity index (χ1n) is 18.7. The van der Waals surface area contributed by atoms with Crippen molar-refractivity contribution in [2.75, 3.05) is 26.3 Å². The molecule has 2 amide bonds. The Bertz CT molecular complexity index is 2140. The van der Waals surface area contributed by atoms with E-state index in [2.05, 4.69) is 27.5 Å². The summed E-state index contributed by atoms with van der Waals surface area (Å²) in [4.78, 5) is 50.5. The number of hydrogen-bond acceptors (Lipinski definition) is 10. The van der Waals surface area contributed by atoms with Crippen LogP contribution in [0.2, 0.25) is 0 Å². The third-order valence-corrected chi connectivity index (χ3v) is 9.95. The molecule has 6 rings (SSSR count). The zero-order valence-electron chi connectivity index (χ0n) is 33.4. The van der Waals surface area contributed by atoms with Crippen molar-refractivity contribution in [3.8, 4) is 36.6 Å². The van der Waals surface area contributed by atoms with Gasteiger partial charge >= 0.3 is 23.9 Å². The van der Waals surface area contributed by atoms with E-state index >= 15 is 0 Å². The average molecular weight is 883 g/mol. The number of ether oxygens (including phenoxy) is 5. The third-order valence-electron chi connectivity index (χ3n) is 9.87. The van der Waals surface area contributed by atoms with Gasteiger partial charge in [0.25, 0.3) is 11.8 Å². The molecular formula is C42H41ClF6N2O10. The van der Waals surface area contributed by atoms with Gasteiger partial charge in [-0.1, -0.05) is 12.8 Å². The van der Waals surface area contributed by atoms with Crippen molar-refractivity contribution in [3.05, 3.63) is 69.2 Å². The molecule has 328 valence electrons. The van der Waals surface area contributed by atoms with Gasteiger partial charge in [-0.05, 0) is 124 Å². The maximum atomic E-state index is 13.2. The van der Waals surface area contributed by atoms with Crippen LogP contribution >= 0.6 is 11.6 Å². The van der Waals surface area contributed by atoms with Crippen LogP contribution in [0.3, 0.4) is 0 Å². The SMILES string of the molecule is C#COC(=O)Cl.C#COC(=O)OC1=C(c2c(C)cc(OCC(F)(F)F)cc2C)C(=O)N2CCCCC12.Cc1cc(OCC(F)(F)F)cc(C)c1C1=C(O)C2CCCCN2C1=O. The predicted octanol–water partition coefficient (Wildman–Crippen LogP) is 8.96. The number of nitrogens with zero attached hydrogens (tertiary/aromatic N) is 2. The lowest BCUT2D eigenvalue weighted by Crippen LogP contribution is -2.40. The zero-order valence-corrected chi connectivity index (χ0v) is 34.1. The number of aliphatic hydroxyl groups is 1. The van der Waals surface area contributed by atoms with Gasteiger partial charge in [0, 0.05) is 24.7 Å². The second kappa shape index (κ2) is 20.0. The van der Waals surface area contributed by atoms with Crippen LogP contribution in [0.15, 0.2) is 35.8 Å². The Hall–Kier alpha value is -6.01. The number of alkyl halides is 6. The molecule has 61 heavy (non-hydrogen) atoms. The van der Waals surface area contributed by atoms with Gasteiger partial charge in [0.15, 0.2) is 13.2 Å². The van der Waals surface area contributed by atoms with E-state index < -0.39 is 43.2 Å². The molecule has 2 aromatic rings. The quantitative estimate of drug-likeness (QED) is 0.124. The summed E-state index contributed by atoms with van der Waals surface area (Å²) in [5.74, 6) is -0.172. The van der Waals surface area contributed by atoms with Gasteiger partial charge in [0.2, 0.25) is 0 Å². The zero-order chi connectivity index (χ0) is 45.4. The van der Waals surface area contributed by atoms with Gasteiger partial charge in [0.05, 0.1) is 23.2 Å². The number of fused-ring (bicyclic) bond motifs is 2. The predicted molar refractivity (Wildman–Crippen MR) is 208 cm³/mol. The van der Waals surface area contributed by atoms with Crippen molar-refractivity contribution in [2.45, 2.75) is 90.7 Å². The Morgan fingerprint density at radius 2 is 1.13 bits per heavy atom. The largest absolute Gasteiger partial charge is 0.528 e. The van der Waals surface area contributed by atoms with Crippen LogP contribution in [0, 0.1) is 52.8 Å². The van der Waals surface area contributed by atoms with Gasteiger partial charge in [-0.3, -0.25) is 9.59 Å². The Morgan fingerprint density at radius 1 is 0.721 bits per heavy atom. The van der Waals surface area contributed by atoms with E-state index in [1.807, 2.05) is 0 Å². The molecule has 12 nitrogen and oxygen atoms in total. The molecular weight excluding hydrogens is 842 g/mol. The summed E-state index contributed by atoms with van der Waals surface area (Å²) in [5, 5.41) is 10.6. The highest BCUT2D eigenvalue weighted by atomic mass is 35.5. The molecule has 0 bridgehead atoms. The molecule has 2 aromatic carbocycles. The molecule has 0 saturated carbocycles. The van der Waals surface area contributed by atoms with Gasteiger partial charge in [-0.2, -0.15) is 26.3 Å². The molecule has 2 unspecified atom stereocenters.